The van der Waals surface area contributed by atoms with Crippen LogP contribution in [0.2, 0.25) is 0 Å². The zero-order valence-electron chi connectivity index (χ0n) is 14.4. The second kappa shape index (κ2) is 7.25. The van der Waals surface area contributed by atoms with Crippen molar-refractivity contribution in [3.05, 3.63) is 60.0 Å². The van der Waals surface area contributed by atoms with Crippen molar-refractivity contribution in [3.8, 4) is 17.3 Å². The highest BCUT2D eigenvalue weighted by Gasteiger charge is 2.21. The first kappa shape index (κ1) is 16.8. The van der Waals surface area contributed by atoms with Crippen LogP contribution in [0.15, 0.2) is 57.7 Å². The van der Waals surface area contributed by atoms with Gasteiger partial charge in [-0.3, -0.25) is 4.79 Å². The third kappa shape index (κ3) is 3.74. The molecule has 0 N–H and O–H groups in total. The van der Waals surface area contributed by atoms with Gasteiger partial charge < -0.3 is 18.6 Å². The Hall–Kier alpha value is -3.02. The van der Waals surface area contributed by atoms with E-state index in [1.807, 2.05) is 19.9 Å². The smallest absolute Gasteiger partial charge is 0.254 e. The van der Waals surface area contributed by atoms with Crippen molar-refractivity contribution >= 4 is 5.91 Å². The number of rotatable bonds is 6. The molecule has 0 saturated carbocycles. The Labute approximate surface area is 146 Å². The molecule has 3 rings (SSSR count). The van der Waals surface area contributed by atoms with Crippen LogP contribution in [0.25, 0.3) is 11.5 Å². The van der Waals surface area contributed by atoms with Crippen molar-refractivity contribution in [2.24, 2.45) is 0 Å². The average Bonchev–Trinajstić information content (AvgIpc) is 3.30. The van der Waals surface area contributed by atoms with E-state index in [4.69, 9.17) is 13.7 Å². The SMILES string of the molecule is COc1cccc(C(=O)N(Cc2cc(-c3ccco3)on2)C(C)C)c1. The molecule has 0 aliphatic rings. The Morgan fingerprint density at radius 3 is 2.72 bits per heavy atom. The Morgan fingerprint density at radius 2 is 2.04 bits per heavy atom. The van der Waals surface area contributed by atoms with Gasteiger partial charge in [0.2, 0.25) is 5.76 Å². The lowest BCUT2D eigenvalue weighted by Crippen LogP contribution is -2.36. The number of nitrogens with zero attached hydrogens (tertiary/aromatic N) is 2. The van der Waals surface area contributed by atoms with E-state index in [0.29, 0.717) is 35.1 Å². The van der Waals surface area contributed by atoms with E-state index in [2.05, 4.69) is 5.16 Å². The molecule has 2 aromatic heterocycles. The summed E-state index contributed by atoms with van der Waals surface area (Å²) in [7, 11) is 1.58. The van der Waals surface area contributed by atoms with Crippen LogP contribution in [0.4, 0.5) is 0 Å². The number of ether oxygens (including phenoxy) is 1. The maximum atomic E-state index is 12.9. The highest BCUT2D eigenvalue weighted by Crippen LogP contribution is 2.22. The molecular formula is C19H20N2O4. The zero-order chi connectivity index (χ0) is 17.8. The molecule has 0 saturated heterocycles. The first-order valence-corrected chi connectivity index (χ1v) is 8.03. The van der Waals surface area contributed by atoms with Crippen molar-refractivity contribution in [1.29, 1.82) is 0 Å². The Balaban J connectivity index is 1.80. The van der Waals surface area contributed by atoms with E-state index in [1.165, 1.54) is 0 Å². The molecule has 25 heavy (non-hydrogen) atoms. The average molecular weight is 340 g/mol. The van der Waals surface area contributed by atoms with Crippen molar-refractivity contribution in [2.75, 3.05) is 7.11 Å². The summed E-state index contributed by atoms with van der Waals surface area (Å²) in [4.78, 5) is 14.6. The van der Waals surface area contributed by atoms with Crippen LogP contribution in [0, 0.1) is 0 Å². The van der Waals surface area contributed by atoms with Gasteiger partial charge >= 0.3 is 0 Å². The number of furan rings is 1. The highest BCUT2D eigenvalue weighted by molar-refractivity contribution is 5.94. The first-order chi connectivity index (χ1) is 12.1. The van der Waals surface area contributed by atoms with Gasteiger partial charge in [-0.25, -0.2) is 0 Å². The number of methoxy groups -OCH3 is 1. The lowest BCUT2D eigenvalue weighted by molar-refractivity contribution is 0.0685. The fourth-order valence-electron chi connectivity index (χ4n) is 2.51. The van der Waals surface area contributed by atoms with Gasteiger partial charge in [-0.2, -0.15) is 0 Å². The molecule has 6 heteroatoms. The van der Waals surface area contributed by atoms with Crippen LogP contribution >= 0.6 is 0 Å². The van der Waals surface area contributed by atoms with Crippen LogP contribution in [0.3, 0.4) is 0 Å². The summed E-state index contributed by atoms with van der Waals surface area (Å²) in [5.41, 5.74) is 1.24. The molecule has 0 aliphatic heterocycles. The molecule has 0 unspecified atom stereocenters. The number of carbonyl (C=O) groups is 1. The Bertz CT molecular complexity index is 837. The lowest BCUT2D eigenvalue weighted by atomic mass is 10.1. The molecule has 0 fully saturated rings. The fourth-order valence-corrected chi connectivity index (χ4v) is 2.51. The Kier molecular flexibility index (Phi) is 4.88. The Morgan fingerprint density at radius 1 is 1.20 bits per heavy atom. The number of hydrogen-bond donors (Lipinski definition) is 0. The highest BCUT2D eigenvalue weighted by atomic mass is 16.5. The van der Waals surface area contributed by atoms with Crippen molar-refractivity contribution in [3.63, 3.8) is 0 Å². The van der Waals surface area contributed by atoms with Crippen LogP contribution in [-0.4, -0.2) is 29.1 Å². The van der Waals surface area contributed by atoms with Gasteiger partial charge in [-0.1, -0.05) is 11.2 Å². The third-order valence-corrected chi connectivity index (χ3v) is 3.86. The summed E-state index contributed by atoms with van der Waals surface area (Å²) < 4.78 is 15.8. The van der Waals surface area contributed by atoms with Gasteiger partial charge in [-0.15, -0.1) is 0 Å². The summed E-state index contributed by atoms with van der Waals surface area (Å²) in [6, 6.07) is 12.5. The number of carbonyl (C=O) groups excluding carboxylic acids is 1. The first-order valence-electron chi connectivity index (χ1n) is 8.03. The quantitative estimate of drug-likeness (QED) is 0.678. The van der Waals surface area contributed by atoms with Gasteiger partial charge in [-0.05, 0) is 44.2 Å². The van der Waals surface area contributed by atoms with E-state index < -0.39 is 0 Å². The topological polar surface area (TPSA) is 68.7 Å². The molecule has 1 aromatic carbocycles. The summed E-state index contributed by atoms with van der Waals surface area (Å²) in [6.07, 6.45) is 1.57. The van der Waals surface area contributed by atoms with Crippen molar-refractivity contribution < 1.29 is 18.5 Å². The van der Waals surface area contributed by atoms with Crippen molar-refractivity contribution in [1.82, 2.24) is 10.1 Å². The minimum absolute atomic E-state index is 0.00228. The van der Waals surface area contributed by atoms with Crippen molar-refractivity contribution in [2.45, 2.75) is 26.4 Å². The van der Waals surface area contributed by atoms with E-state index >= 15 is 0 Å². The van der Waals surface area contributed by atoms with E-state index in [9.17, 15) is 4.79 Å². The standard InChI is InChI=1S/C19H20N2O4/c1-13(2)21(19(22)14-6-4-7-16(10-14)23-3)12-15-11-18(25-20-15)17-8-5-9-24-17/h4-11,13H,12H2,1-3H3. The summed E-state index contributed by atoms with van der Waals surface area (Å²) in [5, 5.41) is 4.05. The lowest BCUT2D eigenvalue weighted by Gasteiger charge is -2.26. The maximum Gasteiger partial charge on any atom is 0.254 e. The fraction of sp³-hybridized carbons (Fsp3) is 0.263. The van der Waals surface area contributed by atoms with Crippen LogP contribution in [0.1, 0.15) is 29.9 Å². The van der Waals surface area contributed by atoms with E-state index in [-0.39, 0.29) is 11.9 Å². The molecule has 0 bridgehead atoms. The third-order valence-electron chi connectivity index (χ3n) is 3.86. The van der Waals surface area contributed by atoms with Gasteiger partial charge in [0.25, 0.3) is 5.91 Å². The van der Waals surface area contributed by atoms with E-state index in [1.54, 1.807) is 54.7 Å². The summed E-state index contributed by atoms with van der Waals surface area (Å²) in [6.45, 7) is 4.27. The van der Waals surface area contributed by atoms with E-state index in [0.717, 1.165) is 0 Å². The molecule has 3 aromatic rings. The predicted octanol–water partition coefficient (Wildman–Crippen LogP) is 3.99. The minimum atomic E-state index is -0.0866. The second-order valence-electron chi connectivity index (χ2n) is 5.92. The molecular weight excluding hydrogens is 320 g/mol. The molecule has 2 heterocycles. The number of benzene rings is 1. The molecule has 6 nitrogen and oxygen atoms in total. The summed E-state index contributed by atoms with van der Waals surface area (Å²) in [5.74, 6) is 1.71. The molecule has 0 radical (unpaired) electrons. The van der Waals surface area contributed by atoms with Crippen LogP contribution < -0.4 is 4.74 Å². The molecule has 0 atom stereocenters. The molecule has 0 aliphatic carbocycles. The number of hydrogen-bond acceptors (Lipinski definition) is 5. The van der Waals surface area contributed by atoms with Gasteiger partial charge in [0.1, 0.15) is 11.4 Å². The van der Waals surface area contributed by atoms with Gasteiger partial charge in [0.05, 0.1) is 19.9 Å². The van der Waals surface area contributed by atoms with Gasteiger partial charge in [0.15, 0.2) is 5.76 Å². The minimum Gasteiger partial charge on any atom is -0.497 e. The number of amides is 1. The zero-order valence-corrected chi connectivity index (χ0v) is 14.4. The largest absolute Gasteiger partial charge is 0.497 e. The molecule has 130 valence electrons. The second-order valence-corrected chi connectivity index (χ2v) is 5.92. The predicted molar refractivity (Wildman–Crippen MR) is 92.2 cm³/mol. The number of aromatic nitrogens is 1. The monoisotopic (exact) mass is 340 g/mol. The van der Waals surface area contributed by atoms with Crippen LogP contribution in [-0.2, 0) is 6.54 Å². The maximum absolute atomic E-state index is 12.9. The van der Waals surface area contributed by atoms with Crippen LogP contribution in [0.5, 0.6) is 5.75 Å². The summed E-state index contributed by atoms with van der Waals surface area (Å²) >= 11 is 0. The van der Waals surface area contributed by atoms with Gasteiger partial charge in [0, 0.05) is 17.7 Å². The molecule has 0 spiro atoms. The molecule has 1 amide bonds. The normalized spacial score (nSPS) is 10.9.